The van der Waals surface area contributed by atoms with Crippen LogP contribution in [-0.2, 0) is 11.2 Å². The molecular formula is C22H23N5OS. The zero-order valence-corrected chi connectivity index (χ0v) is 17.2. The number of carbonyl (C=O) groups excluding carboxylic acids is 1. The Balaban J connectivity index is 2.13. The van der Waals surface area contributed by atoms with Gasteiger partial charge in [-0.25, -0.2) is 4.98 Å². The molecule has 148 valence electrons. The van der Waals surface area contributed by atoms with Crippen molar-refractivity contribution in [3.63, 3.8) is 0 Å². The van der Waals surface area contributed by atoms with Gasteiger partial charge < -0.3 is 10.6 Å². The molecule has 1 fully saturated rings. The number of thioether (sulfide) groups is 1. The van der Waals surface area contributed by atoms with Crippen LogP contribution in [0.1, 0.15) is 53.7 Å². The zero-order valence-electron chi connectivity index (χ0n) is 16.4. The highest BCUT2D eigenvalue weighted by Gasteiger charge is 2.27. The van der Waals surface area contributed by atoms with Crippen LogP contribution in [0.3, 0.4) is 0 Å². The van der Waals surface area contributed by atoms with Crippen LogP contribution >= 0.6 is 11.8 Å². The molecule has 1 aromatic heterocycles. The van der Waals surface area contributed by atoms with Crippen molar-refractivity contribution in [3.05, 3.63) is 52.6 Å². The number of hydrogen-bond donors (Lipinski definition) is 1. The van der Waals surface area contributed by atoms with E-state index in [9.17, 15) is 15.3 Å². The Morgan fingerprint density at radius 2 is 1.83 bits per heavy atom. The molecule has 2 N–H and O–H groups in total. The second kappa shape index (κ2) is 9.45. The predicted octanol–water partition coefficient (Wildman–Crippen LogP) is 3.70. The molecule has 1 aliphatic rings. The topological polar surface area (TPSA) is 107 Å². The summed E-state index contributed by atoms with van der Waals surface area (Å²) in [6.07, 6.45) is 3.79. The highest BCUT2D eigenvalue weighted by Crippen LogP contribution is 2.39. The molecule has 0 radical (unpaired) electrons. The van der Waals surface area contributed by atoms with Crippen molar-refractivity contribution in [2.24, 2.45) is 5.73 Å². The second-order valence-electron chi connectivity index (χ2n) is 6.90. The van der Waals surface area contributed by atoms with Gasteiger partial charge in [-0.3, -0.25) is 4.79 Å². The lowest BCUT2D eigenvalue weighted by Gasteiger charge is -2.30. The number of anilines is 1. The third-order valence-corrected chi connectivity index (χ3v) is 6.33. The smallest absolute Gasteiger partial charge is 0.235 e. The van der Waals surface area contributed by atoms with Gasteiger partial charge in [0.1, 0.15) is 28.2 Å². The Kier molecular flexibility index (Phi) is 6.74. The van der Waals surface area contributed by atoms with Gasteiger partial charge in [0.05, 0.1) is 11.1 Å². The molecule has 0 aliphatic carbocycles. The number of rotatable bonds is 6. The SMILES string of the molecule is CCc1c(C#N)c(S[C@@H](C(N)=O)c2ccccc2)nc(N2CCCCC2)c1C#N. The van der Waals surface area contributed by atoms with E-state index in [0.717, 1.165) is 37.9 Å². The molecule has 2 aromatic rings. The molecule has 0 saturated carbocycles. The number of nitriles is 2. The number of primary amides is 1. The first-order valence-electron chi connectivity index (χ1n) is 9.73. The Labute approximate surface area is 175 Å². The summed E-state index contributed by atoms with van der Waals surface area (Å²) in [7, 11) is 0. The molecule has 3 rings (SSSR count). The fraction of sp³-hybridized carbons (Fsp3) is 0.364. The van der Waals surface area contributed by atoms with Crippen LogP contribution in [-0.4, -0.2) is 24.0 Å². The normalized spacial score (nSPS) is 14.7. The van der Waals surface area contributed by atoms with Crippen molar-refractivity contribution in [1.82, 2.24) is 4.98 Å². The van der Waals surface area contributed by atoms with Crippen molar-refractivity contribution in [2.45, 2.75) is 42.9 Å². The second-order valence-corrected chi connectivity index (χ2v) is 8.00. The van der Waals surface area contributed by atoms with E-state index in [2.05, 4.69) is 17.0 Å². The molecule has 1 amide bonds. The first kappa shape index (κ1) is 20.7. The molecule has 0 spiro atoms. The van der Waals surface area contributed by atoms with E-state index in [-0.39, 0.29) is 0 Å². The molecule has 0 unspecified atom stereocenters. The minimum Gasteiger partial charge on any atom is -0.368 e. The number of amides is 1. The van der Waals surface area contributed by atoms with Gasteiger partial charge in [0, 0.05) is 13.1 Å². The lowest BCUT2D eigenvalue weighted by molar-refractivity contribution is -0.117. The lowest BCUT2D eigenvalue weighted by Crippen LogP contribution is -2.31. The number of nitrogens with two attached hydrogens (primary N) is 1. The van der Waals surface area contributed by atoms with E-state index in [1.807, 2.05) is 37.3 Å². The van der Waals surface area contributed by atoms with Crippen LogP contribution in [0.2, 0.25) is 0 Å². The van der Waals surface area contributed by atoms with E-state index >= 15 is 0 Å². The van der Waals surface area contributed by atoms with Gasteiger partial charge in [-0.05, 0) is 36.8 Å². The third kappa shape index (κ3) is 4.36. The monoisotopic (exact) mass is 405 g/mol. The van der Waals surface area contributed by atoms with Gasteiger partial charge in [-0.15, -0.1) is 0 Å². The molecule has 1 aliphatic heterocycles. The Morgan fingerprint density at radius 1 is 1.17 bits per heavy atom. The number of piperidine rings is 1. The fourth-order valence-corrected chi connectivity index (χ4v) is 4.69. The van der Waals surface area contributed by atoms with Gasteiger partial charge in [-0.1, -0.05) is 49.0 Å². The number of aromatic nitrogens is 1. The van der Waals surface area contributed by atoms with E-state index in [0.29, 0.717) is 34.0 Å². The maximum Gasteiger partial charge on any atom is 0.235 e. The van der Waals surface area contributed by atoms with Crippen LogP contribution < -0.4 is 10.6 Å². The van der Waals surface area contributed by atoms with Crippen LogP contribution in [0, 0.1) is 22.7 Å². The summed E-state index contributed by atoms with van der Waals surface area (Å²) in [5.41, 5.74) is 7.95. The summed E-state index contributed by atoms with van der Waals surface area (Å²) >= 11 is 1.18. The highest BCUT2D eigenvalue weighted by atomic mass is 32.2. The van der Waals surface area contributed by atoms with Gasteiger partial charge in [0.25, 0.3) is 0 Å². The molecule has 7 heteroatoms. The molecule has 29 heavy (non-hydrogen) atoms. The Morgan fingerprint density at radius 3 is 2.38 bits per heavy atom. The molecule has 1 atom stereocenters. The van der Waals surface area contributed by atoms with E-state index < -0.39 is 11.2 Å². The summed E-state index contributed by atoms with van der Waals surface area (Å²) in [6.45, 7) is 3.59. The van der Waals surface area contributed by atoms with Gasteiger partial charge in [-0.2, -0.15) is 10.5 Å². The first-order valence-corrected chi connectivity index (χ1v) is 10.6. The minimum atomic E-state index is -0.664. The maximum absolute atomic E-state index is 12.2. The third-order valence-electron chi connectivity index (χ3n) is 5.07. The molecule has 1 aromatic carbocycles. The molecule has 6 nitrogen and oxygen atoms in total. The van der Waals surface area contributed by atoms with Crippen molar-refractivity contribution < 1.29 is 4.79 Å². The summed E-state index contributed by atoms with van der Waals surface area (Å²) in [5.74, 6) is 0.121. The molecule has 1 saturated heterocycles. The summed E-state index contributed by atoms with van der Waals surface area (Å²) in [5, 5.41) is 19.4. The molecule has 0 bridgehead atoms. The number of hydrogen-bond acceptors (Lipinski definition) is 6. The highest BCUT2D eigenvalue weighted by molar-refractivity contribution is 8.00. The first-order chi connectivity index (χ1) is 14.1. The number of pyridine rings is 1. The van der Waals surface area contributed by atoms with Crippen molar-refractivity contribution in [1.29, 1.82) is 10.5 Å². The van der Waals surface area contributed by atoms with Gasteiger partial charge >= 0.3 is 0 Å². The fourth-order valence-electron chi connectivity index (χ4n) is 3.63. The average Bonchev–Trinajstić information content (AvgIpc) is 2.77. The van der Waals surface area contributed by atoms with E-state index in [4.69, 9.17) is 10.7 Å². The van der Waals surface area contributed by atoms with Crippen LogP contribution in [0.25, 0.3) is 0 Å². The standard InChI is InChI=1S/C22H23N5OS/c1-2-16-17(13-23)21(27-11-7-4-8-12-27)26-22(18(16)14-24)29-19(20(25)28)15-9-5-3-6-10-15/h3,5-6,9-10,19H,2,4,7-8,11-12H2,1H3,(H2,25,28)/t19-/m1/s1. The quantitative estimate of drug-likeness (QED) is 0.735. The Hall–Kier alpha value is -3.03. The maximum atomic E-state index is 12.2. The van der Waals surface area contributed by atoms with Crippen molar-refractivity contribution >= 4 is 23.5 Å². The average molecular weight is 406 g/mol. The number of carbonyl (C=O) groups is 1. The van der Waals surface area contributed by atoms with E-state index in [1.165, 1.54) is 11.8 Å². The minimum absolute atomic E-state index is 0.358. The van der Waals surface area contributed by atoms with Crippen LogP contribution in [0.5, 0.6) is 0 Å². The number of benzene rings is 1. The Bertz CT molecular complexity index is 971. The van der Waals surface area contributed by atoms with E-state index in [1.54, 1.807) is 0 Å². The zero-order chi connectivity index (χ0) is 20.8. The molecular weight excluding hydrogens is 382 g/mol. The van der Waals surface area contributed by atoms with Gasteiger partial charge in [0.2, 0.25) is 5.91 Å². The molecule has 2 heterocycles. The summed E-state index contributed by atoms with van der Waals surface area (Å²) in [6, 6.07) is 13.7. The summed E-state index contributed by atoms with van der Waals surface area (Å²) < 4.78 is 0. The van der Waals surface area contributed by atoms with Crippen molar-refractivity contribution in [3.8, 4) is 12.1 Å². The predicted molar refractivity (Wildman–Crippen MR) is 113 cm³/mol. The van der Waals surface area contributed by atoms with Crippen molar-refractivity contribution in [2.75, 3.05) is 18.0 Å². The lowest BCUT2D eigenvalue weighted by atomic mass is 10.0. The summed E-state index contributed by atoms with van der Waals surface area (Å²) in [4.78, 5) is 19.0. The van der Waals surface area contributed by atoms with Crippen LogP contribution in [0.4, 0.5) is 5.82 Å². The largest absolute Gasteiger partial charge is 0.368 e. The number of nitrogens with zero attached hydrogens (tertiary/aromatic N) is 4. The van der Waals surface area contributed by atoms with Crippen LogP contribution in [0.15, 0.2) is 35.4 Å². The van der Waals surface area contributed by atoms with Gasteiger partial charge in [0.15, 0.2) is 0 Å².